The van der Waals surface area contributed by atoms with Gasteiger partial charge in [0.25, 0.3) is 0 Å². The number of carbonyl (C=O) groups is 2. The lowest BCUT2D eigenvalue weighted by Crippen LogP contribution is -2.48. The van der Waals surface area contributed by atoms with Gasteiger partial charge in [-0.3, -0.25) is 14.5 Å². The molecule has 0 aliphatic carbocycles. The van der Waals surface area contributed by atoms with Crippen molar-refractivity contribution in [3.05, 3.63) is 24.1 Å². The number of benzene rings is 1. The zero-order valence-corrected chi connectivity index (χ0v) is 14.9. The second kappa shape index (κ2) is 5.14. The van der Waals surface area contributed by atoms with Crippen LogP contribution in [0.15, 0.2) is 22.6 Å². The van der Waals surface area contributed by atoms with Gasteiger partial charge in [0.1, 0.15) is 5.52 Å². The van der Waals surface area contributed by atoms with Crippen molar-refractivity contribution in [1.82, 2.24) is 4.98 Å². The van der Waals surface area contributed by atoms with Crippen molar-refractivity contribution in [3.63, 3.8) is 0 Å². The number of para-hydroxylation sites is 1. The van der Waals surface area contributed by atoms with E-state index in [1.54, 1.807) is 25.1 Å². The molecule has 4 rings (SSSR count). The molecule has 6 heteroatoms. The molecular formula is C19H22N2O4. The Morgan fingerprint density at radius 1 is 1.32 bits per heavy atom. The van der Waals surface area contributed by atoms with Crippen molar-refractivity contribution in [2.75, 3.05) is 4.90 Å². The summed E-state index contributed by atoms with van der Waals surface area (Å²) in [7, 11) is 0. The van der Waals surface area contributed by atoms with E-state index in [1.807, 2.05) is 13.8 Å². The molecule has 2 aliphatic heterocycles. The van der Waals surface area contributed by atoms with Crippen molar-refractivity contribution in [2.24, 2.45) is 11.8 Å². The Kier molecular flexibility index (Phi) is 3.35. The van der Waals surface area contributed by atoms with Gasteiger partial charge in [-0.25, -0.2) is 4.98 Å². The van der Waals surface area contributed by atoms with E-state index < -0.39 is 5.60 Å². The van der Waals surface area contributed by atoms with Crippen LogP contribution in [0.25, 0.3) is 11.1 Å². The molecule has 2 amide bonds. The number of anilines is 1. The maximum atomic E-state index is 13.3. The third-order valence-electron chi connectivity index (χ3n) is 6.08. The van der Waals surface area contributed by atoms with Crippen molar-refractivity contribution < 1.29 is 18.7 Å². The van der Waals surface area contributed by atoms with Gasteiger partial charge in [-0.2, -0.15) is 0 Å². The first-order chi connectivity index (χ1) is 11.8. The zero-order valence-electron chi connectivity index (χ0n) is 14.9. The number of aryl methyl sites for hydroxylation is 1. The molecule has 2 aromatic rings. The van der Waals surface area contributed by atoms with Gasteiger partial charge in [0, 0.05) is 6.92 Å². The summed E-state index contributed by atoms with van der Waals surface area (Å²) in [6, 6.07) is 5.26. The molecule has 6 nitrogen and oxygen atoms in total. The molecule has 0 radical (unpaired) electrons. The van der Waals surface area contributed by atoms with Gasteiger partial charge in [-0.1, -0.05) is 13.0 Å². The topological polar surface area (TPSA) is 72.6 Å². The van der Waals surface area contributed by atoms with Gasteiger partial charge in [0.05, 0.1) is 22.8 Å². The third-order valence-corrected chi connectivity index (χ3v) is 6.08. The Morgan fingerprint density at radius 2 is 2.04 bits per heavy atom. The minimum atomic E-state index is -0.528. The average molecular weight is 342 g/mol. The highest BCUT2D eigenvalue weighted by Crippen LogP contribution is 2.57. The molecular weight excluding hydrogens is 320 g/mol. The van der Waals surface area contributed by atoms with E-state index in [0.717, 1.165) is 12.8 Å². The molecule has 4 atom stereocenters. The molecule has 2 bridgehead atoms. The second-order valence-electron chi connectivity index (χ2n) is 7.66. The van der Waals surface area contributed by atoms with Crippen LogP contribution in [0.2, 0.25) is 0 Å². The number of hydrogen-bond donors (Lipinski definition) is 0. The highest BCUT2D eigenvalue weighted by Gasteiger charge is 2.64. The Bertz CT molecular complexity index is 875. The van der Waals surface area contributed by atoms with Gasteiger partial charge >= 0.3 is 0 Å². The largest absolute Gasteiger partial charge is 0.441 e. The fourth-order valence-corrected chi connectivity index (χ4v) is 4.64. The summed E-state index contributed by atoms with van der Waals surface area (Å²) in [5.41, 5.74) is 0.706. The fraction of sp³-hybridized carbons (Fsp3) is 0.526. The van der Waals surface area contributed by atoms with Crippen molar-refractivity contribution in [3.8, 4) is 0 Å². The average Bonchev–Trinajstić information content (AvgIpc) is 3.14. The van der Waals surface area contributed by atoms with E-state index in [9.17, 15) is 9.59 Å². The molecule has 2 saturated heterocycles. The summed E-state index contributed by atoms with van der Waals surface area (Å²) in [6.45, 7) is 7.82. The lowest BCUT2D eigenvalue weighted by atomic mass is 9.68. The van der Waals surface area contributed by atoms with Crippen LogP contribution in [0.5, 0.6) is 0 Å². The number of oxazole rings is 1. The minimum absolute atomic E-state index is 0.0412. The standard InChI is InChI=1S/C19H22N2O4/c1-11-15(19(4)9-8-18(11,3)25-19)17(23)21(10-22)13-6-5-7-14-16(13)20-12(2)24-14/h5-7,10-11,15H,8-9H2,1-4H3/t11-,15-,18?,19?/m0/s1. The normalized spacial score (nSPS) is 33.8. The van der Waals surface area contributed by atoms with Crippen molar-refractivity contribution >= 4 is 29.1 Å². The number of aromatic nitrogens is 1. The molecule has 0 saturated carbocycles. The Morgan fingerprint density at radius 3 is 2.68 bits per heavy atom. The maximum absolute atomic E-state index is 13.3. The predicted molar refractivity (Wildman–Crippen MR) is 92.1 cm³/mol. The lowest BCUT2D eigenvalue weighted by Gasteiger charge is -2.35. The third kappa shape index (κ3) is 2.16. The maximum Gasteiger partial charge on any atom is 0.240 e. The second-order valence-corrected chi connectivity index (χ2v) is 7.66. The number of hydrogen-bond acceptors (Lipinski definition) is 5. The molecule has 132 valence electrons. The molecule has 2 aliphatic rings. The Labute approximate surface area is 146 Å². The summed E-state index contributed by atoms with van der Waals surface area (Å²) in [5, 5.41) is 0. The van der Waals surface area contributed by atoms with Crippen LogP contribution in [0.3, 0.4) is 0 Å². The minimum Gasteiger partial charge on any atom is -0.441 e. The van der Waals surface area contributed by atoms with Crippen LogP contribution in [0, 0.1) is 18.8 Å². The number of imide groups is 1. The highest BCUT2D eigenvalue weighted by molar-refractivity contribution is 6.12. The van der Waals surface area contributed by atoms with E-state index in [0.29, 0.717) is 29.1 Å². The molecule has 0 spiro atoms. The van der Waals surface area contributed by atoms with Crippen LogP contribution >= 0.6 is 0 Å². The Hall–Kier alpha value is -2.21. The SMILES string of the molecule is Cc1nc2c(N(C=O)C(=O)[C@@H]3[C@H](C)C4(C)CCC3(C)O4)cccc2o1. The van der Waals surface area contributed by atoms with Crippen molar-refractivity contribution in [1.29, 1.82) is 0 Å². The molecule has 2 fully saturated rings. The molecule has 1 aromatic heterocycles. The molecule has 25 heavy (non-hydrogen) atoms. The molecule has 2 unspecified atom stereocenters. The first kappa shape index (κ1) is 16.3. The predicted octanol–water partition coefficient (Wildman–Crippen LogP) is 3.22. The van der Waals surface area contributed by atoms with Crippen LogP contribution < -0.4 is 4.90 Å². The van der Waals surface area contributed by atoms with E-state index in [4.69, 9.17) is 9.15 Å². The lowest BCUT2D eigenvalue weighted by molar-refractivity contribution is -0.130. The van der Waals surface area contributed by atoms with Gasteiger partial charge < -0.3 is 9.15 Å². The summed E-state index contributed by atoms with van der Waals surface area (Å²) in [6.07, 6.45) is 2.34. The van der Waals surface area contributed by atoms with Crippen molar-refractivity contribution in [2.45, 2.75) is 51.7 Å². The van der Waals surface area contributed by atoms with Gasteiger partial charge in [0.15, 0.2) is 11.5 Å². The quantitative estimate of drug-likeness (QED) is 0.801. The van der Waals surface area contributed by atoms with E-state index >= 15 is 0 Å². The van der Waals surface area contributed by atoms with Gasteiger partial charge in [-0.05, 0) is 44.7 Å². The highest BCUT2D eigenvalue weighted by atomic mass is 16.5. The molecule has 0 N–H and O–H groups in total. The number of fused-ring (bicyclic) bond motifs is 3. The number of rotatable bonds is 3. The monoisotopic (exact) mass is 342 g/mol. The molecule has 1 aromatic carbocycles. The summed E-state index contributed by atoms with van der Waals surface area (Å²) in [5.74, 6) is -0.0578. The van der Waals surface area contributed by atoms with Gasteiger partial charge in [0.2, 0.25) is 12.3 Å². The summed E-state index contributed by atoms with van der Waals surface area (Å²) >= 11 is 0. The summed E-state index contributed by atoms with van der Waals surface area (Å²) in [4.78, 5) is 30.7. The van der Waals surface area contributed by atoms with Crippen LogP contribution in [-0.2, 0) is 14.3 Å². The summed E-state index contributed by atoms with van der Waals surface area (Å²) < 4.78 is 11.7. The van der Waals surface area contributed by atoms with E-state index in [2.05, 4.69) is 11.9 Å². The zero-order chi connectivity index (χ0) is 18.0. The molecule has 3 heterocycles. The first-order valence-electron chi connectivity index (χ1n) is 8.64. The number of ether oxygens (including phenoxy) is 1. The smallest absolute Gasteiger partial charge is 0.240 e. The fourth-order valence-electron chi connectivity index (χ4n) is 4.64. The van der Waals surface area contributed by atoms with Crippen LogP contribution in [0.1, 0.15) is 39.5 Å². The van der Waals surface area contributed by atoms with E-state index in [-0.39, 0.29) is 23.3 Å². The first-order valence-corrected chi connectivity index (χ1v) is 8.64. The Balaban J connectivity index is 1.77. The number of carbonyl (C=O) groups excluding carboxylic acids is 2. The number of nitrogens with zero attached hydrogens (tertiary/aromatic N) is 2. The van der Waals surface area contributed by atoms with Crippen LogP contribution in [0.4, 0.5) is 5.69 Å². The van der Waals surface area contributed by atoms with Crippen LogP contribution in [-0.4, -0.2) is 28.5 Å². The van der Waals surface area contributed by atoms with Gasteiger partial charge in [-0.15, -0.1) is 0 Å². The number of amides is 2. The van der Waals surface area contributed by atoms with E-state index in [1.165, 1.54) is 4.90 Å².